The van der Waals surface area contributed by atoms with E-state index in [1.165, 1.54) is 30.7 Å². The minimum Gasteiger partial charge on any atom is -0.378 e. The number of hydrogen-bond acceptors (Lipinski definition) is 4. The summed E-state index contributed by atoms with van der Waals surface area (Å²) in [6.45, 7) is 4.98. The number of thiazole rings is 1. The molecule has 0 bridgehead atoms. The first-order valence-corrected chi connectivity index (χ1v) is 6.96. The molecule has 0 aromatic carbocycles. The molecule has 2 rings (SSSR count). The smallest absolute Gasteiger partial charge is 0.107 e. The van der Waals surface area contributed by atoms with E-state index >= 15 is 0 Å². The summed E-state index contributed by atoms with van der Waals surface area (Å²) < 4.78 is 5.58. The van der Waals surface area contributed by atoms with Gasteiger partial charge in [-0.3, -0.25) is 0 Å². The first kappa shape index (κ1) is 12.0. The summed E-state index contributed by atoms with van der Waals surface area (Å²) in [5.41, 5.74) is 1.13. The van der Waals surface area contributed by atoms with E-state index in [2.05, 4.69) is 15.7 Å². The predicted octanol–water partition coefficient (Wildman–Crippen LogP) is 2.50. The Kier molecular flexibility index (Phi) is 4.75. The van der Waals surface area contributed by atoms with Gasteiger partial charge in [-0.05, 0) is 39.2 Å². The van der Waals surface area contributed by atoms with Gasteiger partial charge in [0.15, 0.2) is 0 Å². The highest BCUT2D eigenvalue weighted by molar-refractivity contribution is 7.09. The quantitative estimate of drug-likeness (QED) is 0.776. The van der Waals surface area contributed by atoms with Gasteiger partial charge in [-0.25, -0.2) is 4.98 Å². The largest absolute Gasteiger partial charge is 0.378 e. The van der Waals surface area contributed by atoms with Crippen LogP contribution in [0.5, 0.6) is 0 Å². The molecule has 4 heteroatoms. The van der Waals surface area contributed by atoms with Crippen LogP contribution in [0.4, 0.5) is 0 Å². The third kappa shape index (κ3) is 3.85. The summed E-state index contributed by atoms with van der Waals surface area (Å²) in [5, 5.41) is 6.72. The summed E-state index contributed by atoms with van der Waals surface area (Å²) in [5.74, 6) is 0. The summed E-state index contributed by atoms with van der Waals surface area (Å²) in [4.78, 5) is 4.42. The zero-order chi connectivity index (χ0) is 11.2. The fourth-order valence-corrected chi connectivity index (χ4v) is 2.75. The van der Waals surface area contributed by atoms with E-state index in [-0.39, 0.29) is 0 Å². The Morgan fingerprint density at radius 3 is 3.25 bits per heavy atom. The van der Waals surface area contributed by atoms with Gasteiger partial charge in [-0.2, -0.15) is 0 Å². The van der Waals surface area contributed by atoms with Crippen molar-refractivity contribution < 1.29 is 4.74 Å². The Morgan fingerprint density at radius 2 is 2.56 bits per heavy atom. The molecule has 1 aromatic heterocycles. The van der Waals surface area contributed by atoms with E-state index in [1.54, 1.807) is 11.3 Å². The lowest BCUT2D eigenvalue weighted by Gasteiger charge is -2.08. The number of ether oxygens (including phenoxy) is 1. The maximum Gasteiger partial charge on any atom is 0.107 e. The zero-order valence-electron chi connectivity index (χ0n) is 9.87. The van der Waals surface area contributed by atoms with Gasteiger partial charge in [0, 0.05) is 24.2 Å². The van der Waals surface area contributed by atoms with Crippen LogP contribution in [0, 0.1) is 6.92 Å². The third-order valence-electron chi connectivity index (χ3n) is 2.85. The lowest BCUT2D eigenvalue weighted by Crippen LogP contribution is -2.16. The molecular weight excluding hydrogens is 220 g/mol. The molecule has 3 nitrogen and oxygen atoms in total. The highest BCUT2D eigenvalue weighted by Crippen LogP contribution is 2.16. The van der Waals surface area contributed by atoms with Gasteiger partial charge < -0.3 is 10.1 Å². The summed E-state index contributed by atoms with van der Waals surface area (Å²) >= 11 is 1.73. The zero-order valence-corrected chi connectivity index (χ0v) is 10.7. The molecule has 0 saturated carbocycles. The van der Waals surface area contributed by atoms with E-state index < -0.39 is 0 Å². The first-order valence-electron chi connectivity index (χ1n) is 6.08. The van der Waals surface area contributed by atoms with Gasteiger partial charge in [-0.15, -0.1) is 11.3 Å². The maximum absolute atomic E-state index is 5.58. The standard InChI is InChI=1S/C12H20N2OS/c1-10-9-16-12(14-10)8-13-6-2-4-11-5-3-7-15-11/h9,11,13H,2-8H2,1H3. The lowest BCUT2D eigenvalue weighted by atomic mass is 10.1. The van der Waals surface area contributed by atoms with Gasteiger partial charge in [0.2, 0.25) is 0 Å². The van der Waals surface area contributed by atoms with Crippen molar-refractivity contribution in [3.8, 4) is 0 Å². The minimum atomic E-state index is 0.531. The molecular formula is C12H20N2OS. The fraction of sp³-hybridized carbons (Fsp3) is 0.750. The molecule has 1 atom stereocenters. The van der Waals surface area contributed by atoms with Gasteiger partial charge in [0.25, 0.3) is 0 Å². The van der Waals surface area contributed by atoms with Crippen LogP contribution in [-0.2, 0) is 11.3 Å². The molecule has 16 heavy (non-hydrogen) atoms. The summed E-state index contributed by atoms with van der Waals surface area (Å²) in [7, 11) is 0. The van der Waals surface area contributed by atoms with E-state index in [1.807, 2.05) is 6.92 Å². The molecule has 1 aliphatic heterocycles. The van der Waals surface area contributed by atoms with E-state index in [4.69, 9.17) is 4.74 Å². The van der Waals surface area contributed by atoms with Gasteiger partial charge in [-0.1, -0.05) is 0 Å². The van der Waals surface area contributed by atoms with Crippen molar-refractivity contribution >= 4 is 11.3 Å². The Bertz CT molecular complexity index is 308. The Balaban J connectivity index is 1.51. The number of aromatic nitrogens is 1. The number of nitrogens with one attached hydrogen (secondary N) is 1. The maximum atomic E-state index is 5.58. The number of nitrogens with zero attached hydrogens (tertiary/aromatic N) is 1. The van der Waals surface area contributed by atoms with Crippen molar-refractivity contribution in [1.29, 1.82) is 0 Å². The summed E-state index contributed by atoms with van der Waals surface area (Å²) in [6.07, 6.45) is 5.44. The molecule has 0 radical (unpaired) electrons. The molecule has 1 N–H and O–H groups in total. The van der Waals surface area contributed by atoms with Crippen molar-refractivity contribution in [3.63, 3.8) is 0 Å². The second kappa shape index (κ2) is 6.33. The second-order valence-corrected chi connectivity index (χ2v) is 5.28. The topological polar surface area (TPSA) is 34.1 Å². The SMILES string of the molecule is Cc1csc(CNCCCC2CCCO2)n1. The van der Waals surface area contributed by atoms with Gasteiger partial charge in [0.05, 0.1) is 6.10 Å². The summed E-state index contributed by atoms with van der Waals surface area (Å²) in [6, 6.07) is 0. The van der Waals surface area contributed by atoms with Crippen LogP contribution in [0.15, 0.2) is 5.38 Å². The van der Waals surface area contributed by atoms with Crippen LogP contribution in [0.2, 0.25) is 0 Å². The molecule has 0 amide bonds. The molecule has 1 saturated heterocycles. The highest BCUT2D eigenvalue weighted by Gasteiger charge is 2.14. The Morgan fingerprint density at radius 1 is 1.62 bits per heavy atom. The average Bonchev–Trinajstić information content (AvgIpc) is 2.89. The average molecular weight is 240 g/mol. The molecule has 2 heterocycles. The monoisotopic (exact) mass is 240 g/mol. The van der Waals surface area contributed by atoms with Crippen LogP contribution < -0.4 is 5.32 Å². The van der Waals surface area contributed by atoms with Crippen LogP contribution in [0.25, 0.3) is 0 Å². The molecule has 90 valence electrons. The molecule has 1 fully saturated rings. The van der Waals surface area contributed by atoms with Gasteiger partial charge >= 0.3 is 0 Å². The number of aryl methyl sites for hydroxylation is 1. The van der Waals surface area contributed by atoms with E-state index in [0.717, 1.165) is 25.4 Å². The van der Waals surface area contributed by atoms with Crippen molar-refractivity contribution in [2.45, 2.75) is 45.3 Å². The third-order valence-corrected chi connectivity index (χ3v) is 3.81. The number of rotatable bonds is 6. The van der Waals surface area contributed by atoms with Crippen molar-refractivity contribution in [2.24, 2.45) is 0 Å². The normalized spacial score (nSPS) is 20.4. The molecule has 1 aliphatic rings. The van der Waals surface area contributed by atoms with Crippen molar-refractivity contribution in [1.82, 2.24) is 10.3 Å². The Hall–Kier alpha value is -0.450. The van der Waals surface area contributed by atoms with Crippen molar-refractivity contribution in [3.05, 3.63) is 16.1 Å². The van der Waals surface area contributed by atoms with Crippen LogP contribution in [-0.4, -0.2) is 24.2 Å². The van der Waals surface area contributed by atoms with E-state index in [9.17, 15) is 0 Å². The molecule has 0 spiro atoms. The molecule has 1 aromatic rings. The van der Waals surface area contributed by atoms with Crippen LogP contribution >= 0.6 is 11.3 Å². The van der Waals surface area contributed by atoms with Crippen LogP contribution in [0.1, 0.15) is 36.4 Å². The van der Waals surface area contributed by atoms with E-state index in [0.29, 0.717) is 6.10 Å². The number of hydrogen-bond donors (Lipinski definition) is 1. The second-order valence-electron chi connectivity index (χ2n) is 4.34. The first-order chi connectivity index (χ1) is 7.84. The molecule has 1 unspecified atom stereocenters. The fourth-order valence-electron chi connectivity index (χ4n) is 2.01. The Labute approximate surface area is 101 Å². The lowest BCUT2D eigenvalue weighted by molar-refractivity contribution is 0.102. The minimum absolute atomic E-state index is 0.531. The highest BCUT2D eigenvalue weighted by atomic mass is 32.1. The van der Waals surface area contributed by atoms with Crippen LogP contribution in [0.3, 0.4) is 0 Å². The molecule has 0 aliphatic carbocycles. The van der Waals surface area contributed by atoms with Gasteiger partial charge in [0.1, 0.15) is 5.01 Å². The van der Waals surface area contributed by atoms with Crippen molar-refractivity contribution in [2.75, 3.05) is 13.2 Å². The predicted molar refractivity (Wildman–Crippen MR) is 66.8 cm³/mol.